The fraction of sp³-hybridized carbons (Fsp3) is 0.357. The van der Waals surface area contributed by atoms with Crippen molar-refractivity contribution in [2.45, 2.75) is 31.6 Å². The van der Waals surface area contributed by atoms with Crippen LogP contribution in [0.25, 0.3) is 11.5 Å². The molecular formula is C14H17N5. The van der Waals surface area contributed by atoms with Gasteiger partial charge in [-0.2, -0.15) is 0 Å². The van der Waals surface area contributed by atoms with E-state index in [0.29, 0.717) is 17.6 Å². The van der Waals surface area contributed by atoms with Crippen molar-refractivity contribution in [1.29, 1.82) is 0 Å². The van der Waals surface area contributed by atoms with E-state index in [9.17, 15) is 0 Å². The molecule has 0 radical (unpaired) electrons. The van der Waals surface area contributed by atoms with Crippen molar-refractivity contribution < 1.29 is 0 Å². The molecule has 0 spiro atoms. The van der Waals surface area contributed by atoms with E-state index in [1.165, 1.54) is 25.7 Å². The van der Waals surface area contributed by atoms with Crippen LogP contribution in [0.4, 0.5) is 5.82 Å². The van der Waals surface area contributed by atoms with E-state index in [2.05, 4.69) is 20.4 Å². The van der Waals surface area contributed by atoms with Crippen molar-refractivity contribution in [3.05, 3.63) is 36.2 Å². The first-order valence-electron chi connectivity index (χ1n) is 6.64. The number of anilines is 1. The van der Waals surface area contributed by atoms with Crippen LogP contribution in [0.2, 0.25) is 0 Å². The van der Waals surface area contributed by atoms with E-state index in [4.69, 9.17) is 5.84 Å². The Morgan fingerprint density at radius 1 is 1.16 bits per heavy atom. The van der Waals surface area contributed by atoms with Crippen molar-refractivity contribution in [2.75, 3.05) is 5.43 Å². The Morgan fingerprint density at radius 2 is 2.00 bits per heavy atom. The molecule has 0 saturated heterocycles. The number of pyridine rings is 1. The molecule has 2 heterocycles. The van der Waals surface area contributed by atoms with Crippen LogP contribution in [-0.4, -0.2) is 15.0 Å². The molecule has 3 rings (SSSR count). The van der Waals surface area contributed by atoms with E-state index < -0.39 is 0 Å². The Kier molecular flexibility index (Phi) is 3.37. The monoisotopic (exact) mass is 255 g/mol. The van der Waals surface area contributed by atoms with Crippen molar-refractivity contribution in [3.8, 4) is 11.5 Å². The Morgan fingerprint density at radius 3 is 2.68 bits per heavy atom. The average molecular weight is 255 g/mol. The maximum absolute atomic E-state index is 5.50. The van der Waals surface area contributed by atoms with Crippen molar-refractivity contribution >= 4 is 5.82 Å². The van der Waals surface area contributed by atoms with Crippen LogP contribution < -0.4 is 11.3 Å². The van der Waals surface area contributed by atoms with Crippen molar-refractivity contribution in [3.63, 3.8) is 0 Å². The van der Waals surface area contributed by atoms with Crippen molar-refractivity contribution in [2.24, 2.45) is 5.84 Å². The number of nitrogen functional groups attached to an aromatic ring is 1. The van der Waals surface area contributed by atoms with Gasteiger partial charge in [0, 0.05) is 23.9 Å². The van der Waals surface area contributed by atoms with Gasteiger partial charge in [-0.1, -0.05) is 18.9 Å². The molecule has 3 N–H and O–H groups in total. The molecule has 1 aliphatic rings. The number of hydrogen-bond acceptors (Lipinski definition) is 5. The molecule has 1 fully saturated rings. The highest BCUT2D eigenvalue weighted by molar-refractivity contribution is 5.52. The third-order valence-electron chi connectivity index (χ3n) is 3.56. The summed E-state index contributed by atoms with van der Waals surface area (Å²) in [6.45, 7) is 0. The van der Waals surface area contributed by atoms with Gasteiger partial charge in [0.1, 0.15) is 11.5 Å². The molecule has 2 aromatic heterocycles. The van der Waals surface area contributed by atoms with Crippen molar-refractivity contribution in [1.82, 2.24) is 15.0 Å². The van der Waals surface area contributed by atoms with Crippen LogP contribution in [-0.2, 0) is 0 Å². The highest BCUT2D eigenvalue weighted by Crippen LogP contribution is 2.34. The number of nitrogens with zero attached hydrogens (tertiary/aromatic N) is 3. The number of nitrogens with one attached hydrogen (secondary N) is 1. The number of hydrazine groups is 1. The van der Waals surface area contributed by atoms with Gasteiger partial charge in [-0.25, -0.2) is 15.8 Å². The summed E-state index contributed by atoms with van der Waals surface area (Å²) in [5, 5.41) is 0. The van der Waals surface area contributed by atoms with E-state index in [-0.39, 0.29) is 0 Å². The normalized spacial score (nSPS) is 15.6. The summed E-state index contributed by atoms with van der Waals surface area (Å²) < 4.78 is 0. The second kappa shape index (κ2) is 5.32. The first kappa shape index (κ1) is 12.0. The second-order valence-electron chi connectivity index (χ2n) is 4.84. The average Bonchev–Trinajstić information content (AvgIpc) is 3.02. The summed E-state index contributed by atoms with van der Waals surface area (Å²) >= 11 is 0. The molecule has 1 saturated carbocycles. The predicted molar refractivity (Wildman–Crippen MR) is 74.3 cm³/mol. The molecule has 0 amide bonds. The molecular weight excluding hydrogens is 238 g/mol. The quantitative estimate of drug-likeness (QED) is 0.651. The smallest absolute Gasteiger partial charge is 0.180 e. The molecule has 0 aromatic carbocycles. The second-order valence-corrected chi connectivity index (χ2v) is 4.84. The summed E-state index contributed by atoms with van der Waals surface area (Å²) in [5.41, 5.74) is 4.47. The summed E-state index contributed by atoms with van der Waals surface area (Å²) in [7, 11) is 0. The third-order valence-corrected chi connectivity index (χ3v) is 3.56. The van der Waals surface area contributed by atoms with Gasteiger partial charge in [0.2, 0.25) is 0 Å². The Labute approximate surface area is 112 Å². The minimum Gasteiger partial charge on any atom is -0.308 e. The molecule has 0 aliphatic heterocycles. The van der Waals surface area contributed by atoms with E-state index in [0.717, 1.165) is 11.4 Å². The minimum atomic E-state index is 0.526. The summed E-state index contributed by atoms with van der Waals surface area (Å²) in [6, 6.07) is 7.67. The van der Waals surface area contributed by atoms with Gasteiger partial charge < -0.3 is 5.43 Å². The van der Waals surface area contributed by atoms with Gasteiger partial charge in [-0.05, 0) is 25.0 Å². The maximum Gasteiger partial charge on any atom is 0.180 e. The first-order valence-corrected chi connectivity index (χ1v) is 6.64. The minimum absolute atomic E-state index is 0.526. The van der Waals surface area contributed by atoms with Gasteiger partial charge in [-0.3, -0.25) is 4.98 Å². The molecule has 5 heteroatoms. The largest absolute Gasteiger partial charge is 0.308 e. The third kappa shape index (κ3) is 2.56. The molecule has 2 aromatic rings. The Balaban J connectivity index is 2.02. The van der Waals surface area contributed by atoms with Crippen LogP contribution in [0, 0.1) is 0 Å². The lowest BCUT2D eigenvalue weighted by Crippen LogP contribution is -2.11. The van der Waals surface area contributed by atoms with Crippen LogP contribution in [0.15, 0.2) is 30.5 Å². The number of nitrogens with two attached hydrogens (primary N) is 1. The zero-order valence-electron chi connectivity index (χ0n) is 10.7. The lowest BCUT2D eigenvalue weighted by atomic mass is 10.0. The summed E-state index contributed by atoms with van der Waals surface area (Å²) in [5.74, 6) is 7.32. The fourth-order valence-electron chi connectivity index (χ4n) is 2.58. The van der Waals surface area contributed by atoms with Crippen LogP contribution in [0.5, 0.6) is 0 Å². The van der Waals surface area contributed by atoms with E-state index >= 15 is 0 Å². The molecule has 0 bridgehead atoms. The molecule has 0 atom stereocenters. The highest BCUT2D eigenvalue weighted by Gasteiger charge is 2.20. The first-order chi connectivity index (χ1) is 9.36. The van der Waals surface area contributed by atoms with E-state index in [1.807, 2.05) is 24.3 Å². The number of aromatic nitrogens is 3. The van der Waals surface area contributed by atoms with Crippen LogP contribution >= 0.6 is 0 Å². The molecule has 1 aliphatic carbocycles. The van der Waals surface area contributed by atoms with Gasteiger partial charge in [0.25, 0.3) is 0 Å². The molecule has 0 unspecified atom stereocenters. The zero-order valence-corrected chi connectivity index (χ0v) is 10.7. The number of hydrogen-bond donors (Lipinski definition) is 2. The predicted octanol–water partition coefficient (Wildman–Crippen LogP) is 2.48. The van der Waals surface area contributed by atoms with Crippen LogP contribution in [0.1, 0.15) is 37.3 Å². The zero-order chi connectivity index (χ0) is 13.1. The lowest BCUT2D eigenvalue weighted by molar-refractivity contribution is 0.695. The molecule has 98 valence electrons. The van der Waals surface area contributed by atoms with Gasteiger partial charge >= 0.3 is 0 Å². The lowest BCUT2D eigenvalue weighted by Gasteiger charge is -2.11. The fourth-order valence-corrected chi connectivity index (χ4v) is 2.58. The Bertz CT molecular complexity index is 549. The number of rotatable bonds is 3. The van der Waals surface area contributed by atoms with Crippen LogP contribution in [0.3, 0.4) is 0 Å². The van der Waals surface area contributed by atoms with E-state index in [1.54, 1.807) is 6.20 Å². The summed E-state index contributed by atoms with van der Waals surface area (Å²) in [4.78, 5) is 13.3. The van der Waals surface area contributed by atoms with Gasteiger partial charge in [0.05, 0.1) is 0 Å². The maximum atomic E-state index is 5.50. The summed E-state index contributed by atoms with van der Waals surface area (Å²) in [6.07, 6.45) is 6.69. The van der Waals surface area contributed by atoms with Gasteiger partial charge in [-0.15, -0.1) is 0 Å². The standard InChI is InChI=1S/C14H17N5/c15-19-13-9-12(10-5-1-2-6-10)17-14(18-13)11-7-3-4-8-16-11/h3-4,7-10H,1-2,5-6,15H2,(H,17,18,19). The van der Waals surface area contributed by atoms with Gasteiger partial charge in [0.15, 0.2) is 5.82 Å². The highest BCUT2D eigenvalue weighted by atomic mass is 15.3. The topological polar surface area (TPSA) is 76.7 Å². The Hall–Kier alpha value is -2.01. The molecule has 19 heavy (non-hydrogen) atoms. The SMILES string of the molecule is NNc1cc(C2CCCC2)nc(-c2ccccn2)n1. The molecule has 5 nitrogen and oxygen atoms in total.